The monoisotopic (exact) mass is 312 g/mol. The molecule has 2 N–H and O–H groups in total. The molecule has 108 valence electrons. The van der Waals surface area contributed by atoms with Gasteiger partial charge in [-0.3, -0.25) is 0 Å². The quantitative estimate of drug-likeness (QED) is 0.824. The maximum Gasteiger partial charge on any atom is 0.416 e. The summed E-state index contributed by atoms with van der Waals surface area (Å²) >= 11 is 5.74. The number of rotatable bonds is 2. The number of hydrogen-bond acceptors (Lipinski definition) is 3. The molecule has 0 aliphatic rings. The van der Waals surface area contributed by atoms with E-state index in [0.717, 1.165) is 18.2 Å². The Bertz CT molecular complexity index is 723. The summed E-state index contributed by atoms with van der Waals surface area (Å²) in [4.78, 5) is 0. The fraction of sp³-hybridized carbons (Fsp3) is 0.0714. The van der Waals surface area contributed by atoms with Crippen LogP contribution in [0.3, 0.4) is 0 Å². The molecular formula is C14H8ClF3N2O. The molecule has 0 aromatic heterocycles. The molecule has 21 heavy (non-hydrogen) atoms. The fourth-order valence-electron chi connectivity index (χ4n) is 1.61. The minimum Gasteiger partial charge on any atom is -0.454 e. The molecule has 0 atom stereocenters. The highest BCUT2D eigenvalue weighted by atomic mass is 35.5. The second-order valence-corrected chi connectivity index (χ2v) is 4.54. The van der Waals surface area contributed by atoms with Crippen molar-refractivity contribution >= 4 is 17.3 Å². The molecule has 2 aromatic carbocycles. The van der Waals surface area contributed by atoms with Crippen LogP contribution in [0.25, 0.3) is 0 Å². The molecule has 0 fully saturated rings. The van der Waals surface area contributed by atoms with Gasteiger partial charge in [0, 0.05) is 5.02 Å². The Kier molecular flexibility index (Phi) is 3.96. The molecule has 0 unspecified atom stereocenters. The number of nitrogens with two attached hydrogens (primary N) is 1. The van der Waals surface area contributed by atoms with Crippen LogP contribution in [-0.2, 0) is 6.18 Å². The molecule has 0 amide bonds. The molecule has 7 heteroatoms. The molecule has 0 saturated heterocycles. The fourth-order valence-corrected chi connectivity index (χ4v) is 1.79. The van der Waals surface area contributed by atoms with Crippen molar-refractivity contribution in [1.82, 2.24) is 0 Å². The Morgan fingerprint density at radius 1 is 1.10 bits per heavy atom. The summed E-state index contributed by atoms with van der Waals surface area (Å²) in [5.74, 6) is 0.190. The van der Waals surface area contributed by atoms with E-state index >= 15 is 0 Å². The highest BCUT2D eigenvalue weighted by molar-refractivity contribution is 6.30. The SMILES string of the molecule is N#Cc1cc(C(F)(F)F)ccc1Oc1ccc(Cl)cc1N. The summed E-state index contributed by atoms with van der Waals surface area (Å²) < 4.78 is 43.1. The predicted molar refractivity (Wildman–Crippen MR) is 72.1 cm³/mol. The van der Waals surface area contributed by atoms with E-state index in [0.29, 0.717) is 5.02 Å². The summed E-state index contributed by atoms with van der Waals surface area (Å²) in [5.41, 5.74) is 4.74. The van der Waals surface area contributed by atoms with Gasteiger partial charge in [-0.25, -0.2) is 0 Å². The van der Waals surface area contributed by atoms with Gasteiger partial charge in [-0.1, -0.05) is 11.6 Å². The van der Waals surface area contributed by atoms with Gasteiger partial charge in [0.05, 0.1) is 16.8 Å². The van der Waals surface area contributed by atoms with E-state index in [1.165, 1.54) is 18.2 Å². The number of nitrogen functional groups attached to an aromatic ring is 1. The van der Waals surface area contributed by atoms with E-state index < -0.39 is 11.7 Å². The van der Waals surface area contributed by atoms with E-state index in [4.69, 9.17) is 27.3 Å². The van der Waals surface area contributed by atoms with Gasteiger partial charge in [-0.2, -0.15) is 18.4 Å². The molecule has 2 aromatic rings. The van der Waals surface area contributed by atoms with Crippen molar-refractivity contribution in [3.8, 4) is 17.6 Å². The number of nitrogens with zero attached hydrogens (tertiary/aromatic N) is 1. The Hall–Kier alpha value is -2.39. The normalized spacial score (nSPS) is 11.0. The van der Waals surface area contributed by atoms with Crippen LogP contribution in [0.1, 0.15) is 11.1 Å². The van der Waals surface area contributed by atoms with Crippen LogP contribution < -0.4 is 10.5 Å². The van der Waals surface area contributed by atoms with Crippen LogP contribution in [0.5, 0.6) is 11.5 Å². The van der Waals surface area contributed by atoms with Gasteiger partial charge in [0.2, 0.25) is 0 Å². The predicted octanol–water partition coefficient (Wildman–Crippen LogP) is 4.60. The first-order chi connectivity index (χ1) is 9.81. The number of halogens is 4. The lowest BCUT2D eigenvalue weighted by atomic mass is 10.1. The molecule has 0 aliphatic heterocycles. The van der Waals surface area contributed by atoms with Crippen LogP contribution in [0.15, 0.2) is 36.4 Å². The number of benzene rings is 2. The van der Waals surface area contributed by atoms with Crippen molar-refractivity contribution in [3.05, 3.63) is 52.5 Å². The molecule has 3 nitrogen and oxygen atoms in total. The lowest BCUT2D eigenvalue weighted by molar-refractivity contribution is -0.137. The summed E-state index contributed by atoms with van der Waals surface area (Å²) in [6, 6.07) is 8.73. The van der Waals surface area contributed by atoms with Crippen molar-refractivity contribution in [2.75, 3.05) is 5.73 Å². The smallest absolute Gasteiger partial charge is 0.416 e. The summed E-state index contributed by atoms with van der Waals surface area (Å²) in [5, 5.41) is 9.35. The summed E-state index contributed by atoms with van der Waals surface area (Å²) in [7, 11) is 0. The topological polar surface area (TPSA) is 59.0 Å². The number of hydrogen-bond donors (Lipinski definition) is 1. The molecule has 0 radical (unpaired) electrons. The highest BCUT2D eigenvalue weighted by Gasteiger charge is 2.31. The van der Waals surface area contributed by atoms with Crippen LogP contribution in [0, 0.1) is 11.3 Å². The number of alkyl halides is 3. The summed E-state index contributed by atoms with van der Waals surface area (Å²) in [6.45, 7) is 0. The Balaban J connectivity index is 2.39. The van der Waals surface area contributed by atoms with E-state index in [-0.39, 0.29) is 22.7 Å². The van der Waals surface area contributed by atoms with Crippen molar-refractivity contribution in [3.63, 3.8) is 0 Å². The van der Waals surface area contributed by atoms with Crippen LogP contribution in [0.4, 0.5) is 18.9 Å². The zero-order valence-corrected chi connectivity index (χ0v) is 11.2. The van der Waals surface area contributed by atoms with E-state index in [9.17, 15) is 13.2 Å². The Labute approximate surface area is 123 Å². The standard InChI is InChI=1S/C14H8ClF3N2O/c15-10-2-4-13(11(20)6-10)21-12-3-1-9(14(16,17)18)5-8(12)7-19/h1-6H,20H2. The van der Waals surface area contributed by atoms with Crippen molar-refractivity contribution < 1.29 is 17.9 Å². The maximum atomic E-state index is 12.6. The first-order valence-corrected chi connectivity index (χ1v) is 6.03. The second kappa shape index (κ2) is 5.54. The largest absolute Gasteiger partial charge is 0.454 e. The van der Waals surface area contributed by atoms with Gasteiger partial charge in [-0.15, -0.1) is 0 Å². The number of ether oxygens (including phenoxy) is 1. The van der Waals surface area contributed by atoms with Gasteiger partial charge in [0.1, 0.15) is 17.6 Å². The molecular weight excluding hydrogens is 305 g/mol. The van der Waals surface area contributed by atoms with E-state index in [1.807, 2.05) is 0 Å². The van der Waals surface area contributed by atoms with Crippen LogP contribution in [-0.4, -0.2) is 0 Å². The molecule has 2 rings (SSSR count). The minimum atomic E-state index is -4.52. The molecule has 0 heterocycles. The minimum absolute atomic E-state index is 0.0143. The highest BCUT2D eigenvalue weighted by Crippen LogP contribution is 2.35. The summed E-state index contributed by atoms with van der Waals surface area (Å²) in [6.07, 6.45) is -4.52. The zero-order chi connectivity index (χ0) is 15.6. The third-order valence-corrected chi connectivity index (χ3v) is 2.85. The van der Waals surface area contributed by atoms with Gasteiger partial charge in [0.15, 0.2) is 0 Å². The molecule has 0 spiro atoms. The first kappa shape index (κ1) is 15.0. The zero-order valence-electron chi connectivity index (χ0n) is 10.4. The molecule has 0 bridgehead atoms. The Morgan fingerprint density at radius 2 is 1.76 bits per heavy atom. The van der Waals surface area contributed by atoms with Gasteiger partial charge in [0.25, 0.3) is 0 Å². The van der Waals surface area contributed by atoms with Crippen molar-refractivity contribution in [1.29, 1.82) is 5.26 Å². The van der Waals surface area contributed by atoms with Gasteiger partial charge in [-0.05, 0) is 36.4 Å². The van der Waals surface area contributed by atoms with Crippen LogP contribution in [0.2, 0.25) is 5.02 Å². The van der Waals surface area contributed by atoms with E-state index in [2.05, 4.69) is 0 Å². The van der Waals surface area contributed by atoms with Gasteiger partial charge >= 0.3 is 6.18 Å². The van der Waals surface area contributed by atoms with Crippen molar-refractivity contribution in [2.45, 2.75) is 6.18 Å². The van der Waals surface area contributed by atoms with Crippen LogP contribution >= 0.6 is 11.6 Å². The third-order valence-electron chi connectivity index (χ3n) is 2.62. The molecule has 0 saturated carbocycles. The third kappa shape index (κ3) is 3.38. The number of anilines is 1. The lowest BCUT2D eigenvalue weighted by Gasteiger charge is -2.12. The number of nitriles is 1. The average molecular weight is 313 g/mol. The average Bonchev–Trinajstić information content (AvgIpc) is 2.41. The maximum absolute atomic E-state index is 12.6. The molecule has 0 aliphatic carbocycles. The Morgan fingerprint density at radius 3 is 2.33 bits per heavy atom. The second-order valence-electron chi connectivity index (χ2n) is 4.10. The lowest BCUT2D eigenvalue weighted by Crippen LogP contribution is -2.05. The first-order valence-electron chi connectivity index (χ1n) is 5.65. The van der Waals surface area contributed by atoms with Gasteiger partial charge < -0.3 is 10.5 Å². The van der Waals surface area contributed by atoms with Crippen molar-refractivity contribution in [2.24, 2.45) is 0 Å². The van der Waals surface area contributed by atoms with E-state index in [1.54, 1.807) is 6.07 Å².